The second kappa shape index (κ2) is 7.42. The van der Waals surface area contributed by atoms with Gasteiger partial charge in [0.2, 0.25) is 0 Å². The van der Waals surface area contributed by atoms with Gasteiger partial charge < -0.3 is 5.32 Å². The molecule has 0 aliphatic heterocycles. The van der Waals surface area contributed by atoms with E-state index in [1.165, 1.54) is 4.31 Å². The molecule has 0 unspecified atom stereocenters. The summed E-state index contributed by atoms with van der Waals surface area (Å²) in [6.07, 6.45) is 4.08. The Hall–Kier alpha value is -1.02. The molecule has 0 fully saturated rings. The smallest absolute Gasteiger partial charge is 0.279 e. The number of nitrogens with zero attached hydrogens (tertiary/aromatic N) is 2. The van der Waals surface area contributed by atoms with E-state index in [1.54, 1.807) is 25.5 Å². The quantitative estimate of drug-likeness (QED) is 0.651. The van der Waals surface area contributed by atoms with Gasteiger partial charge in [-0.15, -0.1) is 0 Å². The van der Waals surface area contributed by atoms with Crippen LogP contribution in [-0.2, 0) is 16.8 Å². The third-order valence-corrected chi connectivity index (χ3v) is 4.00. The van der Waals surface area contributed by atoms with Crippen molar-refractivity contribution in [2.75, 3.05) is 27.2 Å². The third kappa shape index (κ3) is 5.09. The molecule has 18 heavy (non-hydrogen) atoms. The Morgan fingerprint density at radius 2 is 2.22 bits per heavy atom. The molecule has 0 radical (unpaired) electrons. The van der Waals surface area contributed by atoms with Crippen LogP contribution in [0.25, 0.3) is 0 Å². The van der Waals surface area contributed by atoms with Crippen LogP contribution >= 0.6 is 0 Å². The van der Waals surface area contributed by atoms with Gasteiger partial charge in [0.25, 0.3) is 10.2 Å². The Kier molecular flexibility index (Phi) is 6.20. The standard InChI is InChI=1S/C11H20N4O2S/c1-12-6-4-8-15(2)18(16,17)14-10-11-5-3-7-13-9-11/h3,5,7,9,12,14H,4,6,8,10H2,1-2H3. The first kappa shape index (κ1) is 15.0. The predicted octanol–water partition coefficient (Wildman–Crippen LogP) is -0.0427. The highest BCUT2D eigenvalue weighted by atomic mass is 32.2. The Morgan fingerprint density at radius 1 is 1.44 bits per heavy atom. The van der Waals surface area contributed by atoms with Crippen LogP contribution in [0, 0.1) is 0 Å². The second-order valence-electron chi connectivity index (χ2n) is 3.97. The van der Waals surface area contributed by atoms with Crippen molar-refractivity contribution in [3.8, 4) is 0 Å². The number of rotatable bonds is 8. The highest BCUT2D eigenvalue weighted by Crippen LogP contribution is 1.99. The van der Waals surface area contributed by atoms with Crippen LogP contribution in [-0.4, -0.2) is 44.9 Å². The van der Waals surface area contributed by atoms with Crippen LogP contribution in [0.4, 0.5) is 0 Å². The lowest BCUT2D eigenvalue weighted by Crippen LogP contribution is -2.38. The lowest BCUT2D eigenvalue weighted by Gasteiger charge is -2.17. The minimum absolute atomic E-state index is 0.256. The molecule has 0 saturated carbocycles. The van der Waals surface area contributed by atoms with Crippen LogP contribution in [0.1, 0.15) is 12.0 Å². The highest BCUT2D eigenvalue weighted by Gasteiger charge is 2.16. The molecule has 1 aromatic rings. The van der Waals surface area contributed by atoms with Crippen molar-refractivity contribution in [1.29, 1.82) is 0 Å². The van der Waals surface area contributed by atoms with Crippen LogP contribution in [0.2, 0.25) is 0 Å². The molecule has 0 aliphatic rings. The van der Waals surface area contributed by atoms with Crippen LogP contribution in [0.3, 0.4) is 0 Å². The van der Waals surface area contributed by atoms with Crippen molar-refractivity contribution in [2.45, 2.75) is 13.0 Å². The largest absolute Gasteiger partial charge is 0.320 e. The summed E-state index contributed by atoms with van der Waals surface area (Å²) in [5.74, 6) is 0. The zero-order valence-corrected chi connectivity index (χ0v) is 11.6. The summed E-state index contributed by atoms with van der Waals surface area (Å²) < 4.78 is 27.6. The molecule has 6 nitrogen and oxygen atoms in total. The average Bonchev–Trinajstić information content (AvgIpc) is 2.38. The summed E-state index contributed by atoms with van der Waals surface area (Å²) in [5, 5.41) is 2.98. The van der Waals surface area contributed by atoms with Gasteiger partial charge in [0.15, 0.2) is 0 Å². The fourth-order valence-corrected chi connectivity index (χ4v) is 2.33. The average molecular weight is 272 g/mol. The van der Waals surface area contributed by atoms with Gasteiger partial charge in [0, 0.05) is 32.5 Å². The van der Waals surface area contributed by atoms with Gasteiger partial charge in [-0.1, -0.05) is 6.07 Å². The Balaban J connectivity index is 2.44. The molecule has 0 bridgehead atoms. The van der Waals surface area contributed by atoms with Crippen molar-refractivity contribution < 1.29 is 8.42 Å². The number of aromatic nitrogens is 1. The SMILES string of the molecule is CNCCCN(C)S(=O)(=O)NCc1cccnc1. The van der Waals surface area contributed by atoms with E-state index in [0.29, 0.717) is 6.54 Å². The molecule has 1 heterocycles. The van der Waals surface area contributed by atoms with E-state index in [9.17, 15) is 8.42 Å². The zero-order valence-electron chi connectivity index (χ0n) is 10.8. The van der Waals surface area contributed by atoms with E-state index in [1.807, 2.05) is 13.1 Å². The maximum atomic E-state index is 11.9. The molecule has 0 aromatic carbocycles. The molecule has 0 spiro atoms. The lowest BCUT2D eigenvalue weighted by molar-refractivity contribution is 0.447. The first-order valence-corrected chi connectivity index (χ1v) is 7.24. The molecular weight excluding hydrogens is 252 g/mol. The van der Waals surface area contributed by atoms with E-state index in [0.717, 1.165) is 18.5 Å². The molecular formula is C11H20N4O2S. The molecule has 1 rings (SSSR count). The van der Waals surface area contributed by atoms with Crippen LogP contribution in [0.15, 0.2) is 24.5 Å². The van der Waals surface area contributed by atoms with E-state index < -0.39 is 10.2 Å². The predicted molar refractivity (Wildman–Crippen MR) is 71.2 cm³/mol. The normalized spacial score (nSPS) is 11.9. The summed E-state index contributed by atoms with van der Waals surface area (Å²) in [6.45, 7) is 1.54. The number of hydrogen-bond acceptors (Lipinski definition) is 4. The molecule has 102 valence electrons. The maximum absolute atomic E-state index is 11.9. The van der Waals surface area contributed by atoms with Crippen molar-refractivity contribution >= 4 is 10.2 Å². The van der Waals surface area contributed by atoms with E-state index in [2.05, 4.69) is 15.0 Å². The molecule has 0 aliphatic carbocycles. The molecule has 0 atom stereocenters. The molecule has 0 saturated heterocycles. The topological polar surface area (TPSA) is 74.3 Å². The van der Waals surface area contributed by atoms with Crippen molar-refractivity contribution in [1.82, 2.24) is 19.3 Å². The zero-order chi connectivity index (χ0) is 13.4. The van der Waals surface area contributed by atoms with E-state index >= 15 is 0 Å². The molecule has 2 N–H and O–H groups in total. The van der Waals surface area contributed by atoms with Gasteiger partial charge >= 0.3 is 0 Å². The minimum Gasteiger partial charge on any atom is -0.320 e. The Labute approximate surface area is 109 Å². The first-order chi connectivity index (χ1) is 8.56. The fraction of sp³-hybridized carbons (Fsp3) is 0.545. The maximum Gasteiger partial charge on any atom is 0.279 e. The van der Waals surface area contributed by atoms with Crippen LogP contribution in [0.5, 0.6) is 0 Å². The Bertz CT molecular complexity index is 436. The summed E-state index contributed by atoms with van der Waals surface area (Å²) >= 11 is 0. The highest BCUT2D eigenvalue weighted by molar-refractivity contribution is 7.87. The molecule has 0 amide bonds. The van der Waals surface area contributed by atoms with Crippen LogP contribution < -0.4 is 10.0 Å². The van der Waals surface area contributed by atoms with Crippen molar-refractivity contribution in [2.24, 2.45) is 0 Å². The first-order valence-electron chi connectivity index (χ1n) is 5.80. The summed E-state index contributed by atoms with van der Waals surface area (Å²) in [5.41, 5.74) is 0.838. The molecule has 7 heteroatoms. The van der Waals surface area contributed by atoms with Gasteiger partial charge in [-0.3, -0.25) is 4.98 Å². The van der Waals surface area contributed by atoms with Gasteiger partial charge in [-0.05, 0) is 31.6 Å². The van der Waals surface area contributed by atoms with Crippen molar-refractivity contribution in [3.05, 3.63) is 30.1 Å². The summed E-state index contributed by atoms with van der Waals surface area (Å²) in [4.78, 5) is 3.93. The monoisotopic (exact) mass is 272 g/mol. The number of pyridine rings is 1. The fourth-order valence-electron chi connectivity index (χ4n) is 1.39. The second-order valence-corrected chi connectivity index (χ2v) is 5.83. The van der Waals surface area contributed by atoms with Gasteiger partial charge in [0.05, 0.1) is 0 Å². The molecule has 1 aromatic heterocycles. The van der Waals surface area contributed by atoms with Gasteiger partial charge in [-0.25, -0.2) is 0 Å². The number of hydrogen-bond donors (Lipinski definition) is 2. The Morgan fingerprint density at radius 3 is 2.83 bits per heavy atom. The van der Waals surface area contributed by atoms with E-state index in [4.69, 9.17) is 0 Å². The van der Waals surface area contributed by atoms with Gasteiger partial charge in [-0.2, -0.15) is 17.4 Å². The van der Waals surface area contributed by atoms with Gasteiger partial charge in [0.1, 0.15) is 0 Å². The van der Waals surface area contributed by atoms with E-state index in [-0.39, 0.29) is 6.54 Å². The number of nitrogens with one attached hydrogen (secondary N) is 2. The lowest BCUT2D eigenvalue weighted by atomic mass is 10.3. The summed E-state index contributed by atoms with van der Waals surface area (Å²) in [7, 11) is 0.00192. The summed E-state index contributed by atoms with van der Waals surface area (Å²) in [6, 6.07) is 3.61. The third-order valence-electron chi connectivity index (χ3n) is 2.49. The van der Waals surface area contributed by atoms with Crippen molar-refractivity contribution in [3.63, 3.8) is 0 Å². The minimum atomic E-state index is -3.41.